The maximum atomic E-state index is 10.4. The maximum absolute atomic E-state index is 10.4. The van der Waals surface area contributed by atoms with Crippen molar-refractivity contribution in [2.75, 3.05) is 78.6 Å². The van der Waals surface area contributed by atoms with Crippen LogP contribution in [0.25, 0.3) is 0 Å². The van der Waals surface area contributed by atoms with Gasteiger partial charge in [-0.2, -0.15) is 0 Å². The van der Waals surface area contributed by atoms with Crippen LogP contribution in [0.15, 0.2) is 0 Å². The van der Waals surface area contributed by atoms with Crippen molar-refractivity contribution < 1.29 is 32.1 Å². The van der Waals surface area contributed by atoms with Crippen LogP contribution in [0.3, 0.4) is 0 Å². The summed E-state index contributed by atoms with van der Waals surface area (Å²) in [6, 6.07) is 0. The minimum Gasteiger partial charge on any atom is -0.382 e. The zero-order chi connectivity index (χ0) is 16.5. The lowest BCUT2D eigenvalue weighted by Gasteiger charge is -2.06. The molecule has 0 radical (unpaired) electrons. The molecule has 0 amide bonds. The molecular weight excluding hydrogens is 312 g/mol. The van der Waals surface area contributed by atoms with E-state index in [1.54, 1.807) is 14.2 Å². The number of hydrogen-bond donors (Lipinski definition) is 0. The molecule has 1 heterocycles. The van der Waals surface area contributed by atoms with E-state index >= 15 is 0 Å². The first-order valence-electron chi connectivity index (χ1n) is 7.54. The highest BCUT2D eigenvalue weighted by molar-refractivity contribution is 7.91. The van der Waals surface area contributed by atoms with Crippen LogP contribution in [-0.2, 0) is 33.5 Å². The molecule has 22 heavy (non-hydrogen) atoms. The molecule has 0 bridgehead atoms. The van der Waals surface area contributed by atoms with Crippen LogP contribution in [0.4, 0.5) is 0 Å². The highest BCUT2D eigenvalue weighted by atomic mass is 32.2. The molecule has 7 nitrogen and oxygen atoms in total. The monoisotopic (exact) mass is 342 g/mol. The largest absolute Gasteiger partial charge is 0.382 e. The van der Waals surface area contributed by atoms with Gasteiger partial charge in [0.15, 0.2) is 0 Å². The second kappa shape index (κ2) is 15.6. The van der Waals surface area contributed by atoms with Gasteiger partial charge >= 0.3 is 0 Å². The topological polar surface area (TPSA) is 80.3 Å². The zero-order valence-corrected chi connectivity index (χ0v) is 14.6. The van der Waals surface area contributed by atoms with Crippen molar-refractivity contribution in [3.05, 3.63) is 0 Å². The smallest absolute Gasteiger partial charge is 0.150 e. The average Bonchev–Trinajstić information content (AvgIpc) is 2.90. The lowest BCUT2D eigenvalue weighted by Crippen LogP contribution is -2.12. The van der Waals surface area contributed by atoms with Gasteiger partial charge in [-0.3, -0.25) is 0 Å². The molecule has 8 heteroatoms. The van der Waals surface area contributed by atoms with E-state index < -0.39 is 9.84 Å². The van der Waals surface area contributed by atoms with Crippen molar-refractivity contribution in [3.8, 4) is 0 Å². The van der Waals surface area contributed by atoms with E-state index in [2.05, 4.69) is 0 Å². The maximum Gasteiger partial charge on any atom is 0.150 e. The second-order valence-electron chi connectivity index (χ2n) is 4.68. The highest BCUT2D eigenvalue weighted by Crippen LogP contribution is 2.08. The summed E-state index contributed by atoms with van der Waals surface area (Å²) in [4.78, 5) is 0. The quantitative estimate of drug-likeness (QED) is 0.478. The van der Waals surface area contributed by atoms with Gasteiger partial charge in [-0.15, -0.1) is 0 Å². The number of methoxy groups -OCH3 is 2. The zero-order valence-electron chi connectivity index (χ0n) is 13.8. The van der Waals surface area contributed by atoms with E-state index in [0.29, 0.717) is 64.4 Å². The molecule has 0 N–H and O–H groups in total. The van der Waals surface area contributed by atoms with Gasteiger partial charge in [0.2, 0.25) is 0 Å². The first-order valence-corrected chi connectivity index (χ1v) is 9.36. The highest BCUT2D eigenvalue weighted by Gasteiger charge is 2.16. The van der Waals surface area contributed by atoms with Gasteiger partial charge < -0.3 is 23.7 Å². The average molecular weight is 342 g/mol. The van der Waals surface area contributed by atoms with Gasteiger partial charge in [0.25, 0.3) is 0 Å². The fourth-order valence-corrected chi connectivity index (χ4v) is 3.06. The number of hydrogen-bond acceptors (Lipinski definition) is 7. The van der Waals surface area contributed by atoms with E-state index in [0.717, 1.165) is 12.8 Å². The van der Waals surface area contributed by atoms with Gasteiger partial charge in [-0.25, -0.2) is 8.42 Å². The summed E-state index contributed by atoms with van der Waals surface area (Å²) in [6.45, 7) is 4.87. The van der Waals surface area contributed by atoms with Crippen LogP contribution in [-0.4, -0.2) is 87.0 Å². The van der Waals surface area contributed by atoms with Crippen LogP contribution in [0, 0.1) is 0 Å². The Hall–Kier alpha value is -0.250. The Balaban J connectivity index is 0.000000518. The van der Waals surface area contributed by atoms with Crippen molar-refractivity contribution in [1.29, 1.82) is 0 Å². The molecule has 0 saturated carbocycles. The third-order valence-electron chi connectivity index (χ3n) is 2.77. The summed E-state index contributed by atoms with van der Waals surface area (Å²) < 4.78 is 46.2. The Labute approximate surface area is 134 Å². The Morgan fingerprint density at radius 3 is 1.18 bits per heavy atom. The molecular formula is C14H30O7S. The van der Waals surface area contributed by atoms with Crippen LogP contribution in [0.5, 0.6) is 0 Å². The fraction of sp³-hybridized carbons (Fsp3) is 1.00. The second-order valence-corrected chi connectivity index (χ2v) is 6.99. The normalized spacial score (nSPS) is 16.3. The van der Waals surface area contributed by atoms with E-state index in [4.69, 9.17) is 23.7 Å². The molecule has 1 saturated heterocycles. The summed E-state index contributed by atoms with van der Waals surface area (Å²) >= 11 is 0. The SMILES string of the molecule is COCCOCCOCCOCCOC.O=S1(=O)CCCC1. The molecule has 0 unspecified atom stereocenters. The first kappa shape index (κ1) is 21.8. The van der Waals surface area contributed by atoms with Crippen LogP contribution in [0.1, 0.15) is 12.8 Å². The summed E-state index contributed by atoms with van der Waals surface area (Å²) in [5, 5.41) is 0. The first-order chi connectivity index (χ1) is 10.6. The molecule has 1 aliphatic heterocycles. The third-order valence-corrected chi connectivity index (χ3v) is 4.59. The van der Waals surface area contributed by atoms with Gasteiger partial charge in [0, 0.05) is 14.2 Å². The minimum absolute atomic E-state index is 0.424. The number of sulfone groups is 1. The number of rotatable bonds is 12. The summed E-state index contributed by atoms with van der Waals surface area (Å²) in [6.07, 6.45) is 1.75. The molecule has 1 aliphatic rings. The Morgan fingerprint density at radius 2 is 0.955 bits per heavy atom. The predicted octanol–water partition coefficient (Wildman–Crippen LogP) is 0.524. The Kier molecular flexibility index (Phi) is 15.5. The van der Waals surface area contributed by atoms with Crippen LogP contribution in [0.2, 0.25) is 0 Å². The summed E-state index contributed by atoms with van der Waals surface area (Å²) in [5.74, 6) is 0.847. The van der Waals surface area contributed by atoms with E-state index in [1.165, 1.54) is 0 Å². The summed E-state index contributed by atoms with van der Waals surface area (Å²) in [7, 11) is 0.754. The van der Waals surface area contributed by atoms with Gasteiger partial charge in [0.05, 0.1) is 64.4 Å². The Morgan fingerprint density at radius 1 is 0.636 bits per heavy atom. The molecule has 134 valence electrons. The van der Waals surface area contributed by atoms with Gasteiger partial charge in [-0.1, -0.05) is 0 Å². The van der Waals surface area contributed by atoms with Crippen molar-refractivity contribution in [3.63, 3.8) is 0 Å². The van der Waals surface area contributed by atoms with Gasteiger partial charge in [-0.05, 0) is 12.8 Å². The lowest BCUT2D eigenvalue weighted by atomic mass is 10.4. The fourth-order valence-electron chi connectivity index (χ4n) is 1.57. The predicted molar refractivity (Wildman–Crippen MR) is 84.1 cm³/mol. The molecule has 0 atom stereocenters. The van der Waals surface area contributed by atoms with Crippen molar-refractivity contribution in [2.45, 2.75) is 12.8 Å². The van der Waals surface area contributed by atoms with Crippen molar-refractivity contribution in [1.82, 2.24) is 0 Å². The molecule has 0 aromatic carbocycles. The molecule has 0 spiro atoms. The molecule has 1 rings (SSSR count). The minimum atomic E-state index is -2.55. The molecule has 0 aromatic rings. The Bertz CT molecular complexity index is 295. The third kappa shape index (κ3) is 16.1. The molecule has 0 aliphatic carbocycles. The number of ether oxygens (including phenoxy) is 5. The van der Waals surface area contributed by atoms with E-state index in [9.17, 15) is 8.42 Å². The van der Waals surface area contributed by atoms with Crippen LogP contribution >= 0.6 is 0 Å². The van der Waals surface area contributed by atoms with Gasteiger partial charge in [0.1, 0.15) is 9.84 Å². The van der Waals surface area contributed by atoms with Crippen molar-refractivity contribution >= 4 is 9.84 Å². The van der Waals surface area contributed by atoms with Crippen LogP contribution < -0.4 is 0 Å². The van der Waals surface area contributed by atoms with E-state index in [-0.39, 0.29) is 0 Å². The van der Waals surface area contributed by atoms with Crippen molar-refractivity contribution in [2.24, 2.45) is 0 Å². The van der Waals surface area contributed by atoms with E-state index in [1.807, 2.05) is 0 Å². The molecule has 1 fully saturated rings. The lowest BCUT2D eigenvalue weighted by molar-refractivity contribution is -0.00380. The standard InChI is InChI=1S/C10H22O5.C4H8O2S/c1-11-3-5-13-7-9-15-10-8-14-6-4-12-2;5-7(6)3-1-2-4-7/h3-10H2,1-2H3;1-4H2. The summed E-state index contributed by atoms with van der Waals surface area (Å²) in [5.41, 5.74) is 0. The molecule has 0 aromatic heterocycles.